The lowest BCUT2D eigenvalue weighted by atomic mass is 10.1. The predicted octanol–water partition coefficient (Wildman–Crippen LogP) is 2.79. The maximum Gasteiger partial charge on any atom is 0.188 e. The fraction of sp³-hybridized carbons (Fsp3) is 0.632. The summed E-state index contributed by atoms with van der Waals surface area (Å²) < 4.78 is 10.7. The zero-order valence-electron chi connectivity index (χ0n) is 16.3. The van der Waals surface area contributed by atoms with Crippen LogP contribution in [0, 0.1) is 0 Å². The van der Waals surface area contributed by atoms with E-state index in [9.17, 15) is 0 Å². The Kier molecular flexibility index (Phi) is 9.77. The summed E-state index contributed by atoms with van der Waals surface area (Å²) in [6.07, 6.45) is 4.85. The van der Waals surface area contributed by atoms with E-state index in [1.165, 1.54) is 19.3 Å². The number of hydrogen-bond acceptors (Lipinski definition) is 4. The lowest BCUT2D eigenvalue weighted by Gasteiger charge is -2.24. The minimum Gasteiger partial charge on any atom is -0.493 e. The molecule has 0 aliphatic heterocycles. The Labute approximate surface area is 152 Å². The van der Waals surface area contributed by atoms with E-state index in [1.807, 2.05) is 32.3 Å². The average molecular weight is 351 g/mol. The monoisotopic (exact) mass is 350 g/mol. The van der Waals surface area contributed by atoms with Crippen LogP contribution in [0.25, 0.3) is 0 Å². The van der Waals surface area contributed by atoms with Crippen molar-refractivity contribution in [2.24, 2.45) is 10.7 Å². The largest absolute Gasteiger partial charge is 0.493 e. The molecule has 1 unspecified atom stereocenters. The lowest BCUT2D eigenvalue weighted by Crippen LogP contribution is -2.33. The first kappa shape index (κ1) is 21.1. The van der Waals surface area contributed by atoms with Crippen LogP contribution in [0.2, 0.25) is 0 Å². The number of ether oxygens (including phenoxy) is 2. The third kappa shape index (κ3) is 7.22. The van der Waals surface area contributed by atoms with E-state index in [2.05, 4.69) is 22.1 Å². The molecular formula is C19H34N4O2. The van der Waals surface area contributed by atoms with Gasteiger partial charge in [-0.05, 0) is 38.2 Å². The first-order chi connectivity index (χ1) is 12.0. The van der Waals surface area contributed by atoms with Gasteiger partial charge in [-0.1, -0.05) is 32.3 Å². The van der Waals surface area contributed by atoms with E-state index in [0.717, 1.165) is 30.0 Å². The molecule has 142 valence electrons. The molecule has 0 radical (unpaired) electrons. The molecule has 25 heavy (non-hydrogen) atoms. The summed E-state index contributed by atoms with van der Waals surface area (Å²) >= 11 is 0. The Hall–Kier alpha value is -1.95. The van der Waals surface area contributed by atoms with Gasteiger partial charge in [0, 0.05) is 6.54 Å². The molecule has 0 aliphatic rings. The maximum absolute atomic E-state index is 5.99. The quantitative estimate of drug-likeness (QED) is 0.365. The number of benzene rings is 1. The molecule has 0 fully saturated rings. The standard InChI is InChI=1S/C19H34N4O2/c1-6-7-8-9-12-21-19(20)22-14-16(23(2)3)15-10-11-17(24-4)18(13-15)25-5/h10-11,13,16H,6-9,12,14H2,1-5H3,(H3,20,21,22). The van der Waals surface area contributed by atoms with Crippen molar-refractivity contribution >= 4 is 5.96 Å². The smallest absolute Gasteiger partial charge is 0.188 e. The molecule has 1 aromatic rings. The second-order valence-corrected chi connectivity index (χ2v) is 6.31. The Morgan fingerprint density at radius 2 is 1.88 bits per heavy atom. The van der Waals surface area contributed by atoms with Crippen molar-refractivity contribution in [3.63, 3.8) is 0 Å². The summed E-state index contributed by atoms with van der Waals surface area (Å²) in [6, 6.07) is 6.06. The van der Waals surface area contributed by atoms with Gasteiger partial charge >= 0.3 is 0 Å². The van der Waals surface area contributed by atoms with Crippen molar-refractivity contribution in [2.75, 3.05) is 41.4 Å². The van der Waals surface area contributed by atoms with Crippen LogP contribution in [-0.2, 0) is 0 Å². The number of nitrogens with one attached hydrogen (secondary N) is 1. The molecule has 0 aromatic heterocycles. The summed E-state index contributed by atoms with van der Waals surface area (Å²) in [7, 11) is 7.35. The minimum absolute atomic E-state index is 0.111. The van der Waals surface area contributed by atoms with E-state index in [0.29, 0.717) is 12.5 Å². The summed E-state index contributed by atoms with van der Waals surface area (Å²) in [4.78, 5) is 6.63. The second-order valence-electron chi connectivity index (χ2n) is 6.31. The van der Waals surface area contributed by atoms with Crippen LogP contribution < -0.4 is 20.5 Å². The molecule has 0 bridgehead atoms. The van der Waals surface area contributed by atoms with Gasteiger partial charge in [0.1, 0.15) is 0 Å². The van der Waals surface area contributed by atoms with E-state index in [1.54, 1.807) is 14.2 Å². The molecule has 1 atom stereocenters. The minimum atomic E-state index is 0.111. The van der Waals surface area contributed by atoms with Gasteiger partial charge in [-0.15, -0.1) is 0 Å². The lowest BCUT2D eigenvalue weighted by molar-refractivity contribution is 0.303. The third-order valence-electron chi connectivity index (χ3n) is 4.19. The maximum atomic E-state index is 5.99. The molecule has 1 rings (SSSR count). The molecule has 6 heteroatoms. The van der Waals surface area contributed by atoms with Crippen LogP contribution in [0.1, 0.15) is 44.2 Å². The van der Waals surface area contributed by atoms with Crippen molar-refractivity contribution < 1.29 is 9.47 Å². The SMILES string of the molecule is CCCCCCNC(N)=NCC(c1ccc(OC)c(OC)c1)N(C)C. The number of methoxy groups -OCH3 is 2. The molecule has 3 N–H and O–H groups in total. The van der Waals surface area contributed by atoms with Gasteiger partial charge < -0.3 is 25.4 Å². The van der Waals surface area contributed by atoms with Crippen LogP contribution in [0.5, 0.6) is 11.5 Å². The molecule has 0 heterocycles. The van der Waals surface area contributed by atoms with Gasteiger partial charge in [0.05, 0.1) is 26.8 Å². The van der Waals surface area contributed by atoms with E-state index in [4.69, 9.17) is 15.2 Å². The van der Waals surface area contributed by atoms with Crippen LogP contribution >= 0.6 is 0 Å². The summed E-state index contributed by atoms with van der Waals surface area (Å²) in [5, 5.41) is 3.19. The predicted molar refractivity (Wildman–Crippen MR) is 105 cm³/mol. The molecule has 0 amide bonds. The Balaban J connectivity index is 2.69. The highest BCUT2D eigenvalue weighted by molar-refractivity contribution is 5.77. The summed E-state index contributed by atoms with van der Waals surface area (Å²) in [5.74, 6) is 1.95. The zero-order chi connectivity index (χ0) is 18.7. The van der Waals surface area contributed by atoms with Crippen molar-refractivity contribution in [1.82, 2.24) is 10.2 Å². The molecule has 1 aromatic carbocycles. The first-order valence-corrected chi connectivity index (χ1v) is 8.95. The van der Waals surface area contributed by atoms with Gasteiger partial charge in [-0.2, -0.15) is 0 Å². The second kappa shape index (κ2) is 11.6. The zero-order valence-corrected chi connectivity index (χ0v) is 16.3. The first-order valence-electron chi connectivity index (χ1n) is 8.95. The van der Waals surface area contributed by atoms with Crippen LogP contribution in [0.4, 0.5) is 0 Å². The molecule has 0 saturated carbocycles. The summed E-state index contributed by atoms with van der Waals surface area (Å²) in [5.41, 5.74) is 7.11. The Morgan fingerprint density at radius 3 is 2.48 bits per heavy atom. The molecule has 0 spiro atoms. The van der Waals surface area contributed by atoms with Gasteiger partial charge in [0.25, 0.3) is 0 Å². The number of hydrogen-bond donors (Lipinski definition) is 2. The summed E-state index contributed by atoms with van der Waals surface area (Å²) in [6.45, 7) is 3.66. The molecule has 0 saturated heterocycles. The van der Waals surface area contributed by atoms with Crippen molar-refractivity contribution in [3.05, 3.63) is 23.8 Å². The Morgan fingerprint density at radius 1 is 1.16 bits per heavy atom. The van der Waals surface area contributed by atoms with Gasteiger partial charge in [-0.3, -0.25) is 4.99 Å². The highest BCUT2D eigenvalue weighted by Crippen LogP contribution is 2.31. The number of aliphatic imine (C=N–C) groups is 1. The third-order valence-corrected chi connectivity index (χ3v) is 4.19. The van der Waals surface area contributed by atoms with Crippen LogP contribution in [0.15, 0.2) is 23.2 Å². The number of guanidine groups is 1. The fourth-order valence-electron chi connectivity index (χ4n) is 2.64. The average Bonchev–Trinajstić information content (AvgIpc) is 2.61. The van der Waals surface area contributed by atoms with E-state index < -0.39 is 0 Å². The van der Waals surface area contributed by atoms with E-state index >= 15 is 0 Å². The number of unbranched alkanes of at least 4 members (excludes halogenated alkanes) is 3. The van der Waals surface area contributed by atoms with Crippen LogP contribution in [0.3, 0.4) is 0 Å². The molecule has 0 aliphatic carbocycles. The molecule has 6 nitrogen and oxygen atoms in total. The fourth-order valence-corrected chi connectivity index (χ4v) is 2.64. The number of likely N-dealkylation sites (N-methyl/N-ethyl adjacent to an activating group) is 1. The Bertz CT molecular complexity index is 532. The van der Waals surface area contributed by atoms with Crippen molar-refractivity contribution in [1.29, 1.82) is 0 Å². The normalized spacial score (nSPS) is 13.0. The van der Waals surface area contributed by atoms with Gasteiger partial charge in [0.15, 0.2) is 17.5 Å². The number of nitrogens with zero attached hydrogens (tertiary/aromatic N) is 2. The van der Waals surface area contributed by atoms with Crippen molar-refractivity contribution in [3.8, 4) is 11.5 Å². The molecular weight excluding hydrogens is 316 g/mol. The van der Waals surface area contributed by atoms with Gasteiger partial charge in [0.2, 0.25) is 0 Å². The van der Waals surface area contributed by atoms with E-state index in [-0.39, 0.29) is 6.04 Å². The van der Waals surface area contributed by atoms with Crippen LogP contribution in [-0.4, -0.2) is 52.3 Å². The number of nitrogens with two attached hydrogens (primary N) is 1. The highest BCUT2D eigenvalue weighted by Gasteiger charge is 2.16. The number of rotatable bonds is 11. The van der Waals surface area contributed by atoms with Crippen molar-refractivity contribution in [2.45, 2.75) is 38.6 Å². The topological polar surface area (TPSA) is 72.1 Å². The highest BCUT2D eigenvalue weighted by atomic mass is 16.5. The van der Waals surface area contributed by atoms with Gasteiger partial charge in [-0.25, -0.2) is 0 Å².